The lowest BCUT2D eigenvalue weighted by Crippen LogP contribution is -2.40. The second-order valence-electron chi connectivity index (χ2n) is 8.98. The summed E-state index contributed by atoms with van der Waals surface area (Å²) >= 11 is 0. The first-order chi connectivity index (χ1) is 14.5. The minimum absolute atomic E-state index is 0.136. The molecule has 4 N–H and O–H groups in total. The first kappa shape index (κ1) is 27.5. The zero-order valence-electron chi connectivity index (χ0n) is 19.0. The number of rotatable bonds is 5. The van der Waals surface area contributed by atoms with E-state index < -0.39 is 31.1 Å². The van der Waals surface area contributed by atoms with Crippen molar-refractivity contribution in [2.75, 3.05) is 5.73 Å². The molecule has 0 fully saturated rings. The fourth-order valence-corrected chi connectivity index (χ4v) is 5.16. The van der Waals surface area contributed by atoms with E-state index in [0.717, 1.165) is 0 Å². The van der Waals surface area contributed by atoms with Gasteiger partial charge in [0.2, 0.25) is 26.1 Å². The summed E-state index contributed by atoms with van der Waals surface area (Å²) in [5.74, 6) is 0. The van der Waals surface area contributed by atoms with E-state index in [9.17, 15) is 21.6 Å². The Morgan fingerprint density at radius 1 is 0.719 bits per heavy atom. The van der Waals surface area contributed by atoms with Crippen LogP contribution in [0.2, 0.25) is 0 Å². The standard InChI is InChI=1S/C11H14N2O3S.C10H16N2O2S/c1-11(2,3)13-17(15,16)10-6-4-9(5-7-10)12-8-14;1-10(2,3)12-15(13,14)9-6-4-8(11)5-7-9/h4-7,13H,1-3H3;4-7,12H,11H2,1-3H3. The summed E-state index contributed by atoms with van der Waals surface area (Å²) in [7, 11) is -6.98. The number of nitrogens with two attached hydrogens (primary N) is 1. The summed E-state index contributed by atoms with van der Waals surface area (Å²) in [5, 5.41) is 0. The molecule has 0 aromatic heterocycles. The van der Waals surface area contributed by atoms with E-state index in [4.69, 9.17) is 5.73 Å². The van der Waals surface area contributed by atoms with Crippen LogP contribution in [0.25, 0.3) is 0 Å². The summed E-state index contributed by atoms with van der Waals surface area (Å²) in [5.41, 5.74) is 5.37. The summed E-state index contributed by atoms with van der Waals surface area (Å²) < 4.78 is 52.5. The summed E-state index contributed by atoms with van der Waals surface area (Å²) in [6.45, 7) is 10.7. The van der Waals surface area contributed by atoms with Gasteiger partial charge in [-0.25, -0.2) is 31.1 Å². The van der Waals surface area contributed by atoms with Gasteiger partial charge in [0.15, 0.2) is 0 Å². The number of nitrogen functional groups attached to an aromatic ring is 1. The van der Waals surface area contributed by atoms with Crippen LogP contribution < -0.4 is 15.2 Å². The molecule has 2 aromatic rings. The number of aliphatic imine (C=N–C) groups is 1. The third kappa shape index (κ3) is 9.71. The number of anilines is 1. The monoisotopic (exact) mass is 482 g/mol. The average Bonchev–Trinajstić information content (AvgIpc) is 2.59. The van der Waals surface area contributed by atoms with Gasteiger partial charge in [-0.3, -0.25) is 0 Å². The molecule has 11 heteroatoms. The van der Waals surface area contributed by atoms with Crippen LogP contribution in [0.15, 0.2) is 63.3 Å². The Balaban J connectivity index is 0.000000323. The minimum Gasteiger partial charge on any atom is -0.399 e. The maximum Gasteiger partial charge on any atom is 0.241 e. The van der Waals surface area contributed by atoms with E-state index in [-0.39, 0.29) is 9.79 Å². The van der Waals surface area contributed by atoms with Crippen molar-refractivity contribution < 1.29 is 21.6 Å². The van der Waals surface area contributed by atoms with Crippen molar-refractivity contribution in [3.8, 4) is 0 Å². The molecule has 0 unspecified atom stereocenters. The van der Waals surface area contributed by atoms with Crippen LogP contribution in [0.5, 0.6) is 0 Å². The molecule has 0 amide bonds. The van der Waals surface area contributed by atoms with Crippen LogP contribution in [0.4, 0.5) is 11.4 Å². The topological polar surface area (TPSA) is 148 Å². The Morgan fingerprint density at radius 2 is 1.06 bits per heavy atom. The van der Waals surface area contributed by atoms with Gasteiger partial charge in [-0.2, -0.15) is 4.99 Å². The van der Waals surface area contributed by atoms with E-state index in [2.05, 4.69) is 14.4 Å². The molecule has 32 heavy (non-hydrogen) atoms. The molecule has 0 aliphatic carbocycles. The zero-order valence-corrected chi connectivity index (χ0v) is 20.6. The predicted molar refractivity (Wildman–Crippen MR) is 125 cm³/mol. The molecule has 2 aromatic carbocycles. The van der Waals surface area contributed by atoms with Gasteiger partial charge in [-0.05, 0) is 90.1 Å². The van der Waals surface area contributed by atoms with Crippen molar-refractivity contribution in [3.63, 3.8) is 0 Å². The fraction of sp³-hybridized carbons (Fsp3) is 0.381. The SMILES string of the molecule is CC(C)(C)NS(=O)(=O)c1ccc(N)cc1.CC(C)(C)NS(=O)(=O)c1ccc(N=C=O)cc1. The fourth-order valence-electron chi connectivity index (χ4n) is 2.32. The third-order valence-corrected chi connectivity index (χ3v) is 6.94. The van der Waals surface area contributed by atoms with E-state index in [1.807, 2.05) is 0 Å². The van der Waals surface area contributed by atoms with Gasteiger partial charge in [0.25, 0.3) is 0 Å². The van der Waals surface area contributed by atoms with Crippen molar-refractivity contribution in [2.45, 2.75) is 62.4 Å². The number of nitrogens with one attached hydrogen (secondary N) is 2. The number of hydrogen-bond acceptors (Lipinski definition) is 7. The number of carbonyl (C=O) groups excluding carboxylic acids is 1. The van der Waals surface area contributed by atoms with E-state index in [0.29, 0.717) is 11.4 Å². The molecule has 0 aliphatic heterocycles. The van der Waals surface area contributed by atoms with Gasteiger partial charge in [-0.15, -0.1) is 0 Å². The predicted octanol–water partition coefficient (Wildman–Crippen LogP) is 3.08. The van der Waals surface area contributed by atoms with Crippen molar-refractivity contribution >= 4 is 37.5 Å². The minimum atomic E-state index is -3.54. The first-order valence-corrected chi connectivity index (χ1v) is 12.5. The Morgan fingerprint density at radius 3 is 1.38 bits per heavy atom. The second-order valence-corrected chi connectivity index (χ2v) is 12.3. The highest BCUT2D eigenvalue weighted by Crippen LogP contribution is 2.17. The highest BCUT2D eigenvalue weighted by atomic mass is 32.2. The van der Waals surface area contributed by atoms with Crippen LogP contribution in [0.1, 0.15) is 41.5 Å². The molecule has 0 spiro atoms. The number of hydrogen-bond donors (Lipinski definition) is 3. The molecule has 9 nitrogen and oxygen atoms in total. The smallest absolute Gasteiger partial charge is 0.241 e. The van der Waals surface area contributed by atoms with Gasteiger partial charge in [0.05, 0.1) is 15.5 Å². The number of isocyanates is 1. The van der Waals surface area contributed by atoms with Crippen molar-refractivity contribution in [2.24, 2.45) is 4.99 Å². The quantitative estimate of drug-likeness (QED) is 0.339. The largest absolute Gasteiger partial charge is 0.399 e. The maximum atomic E-state index is 11.9. The van der Waals surface area contributed by atoms with Crippen LogP contribution in [0, 0.1) is 0 Å². The molecule has 0 heterocycles. The van der Waals surface area contributed by atoms with Crippen molar-refractivity contribution in [1.29, 1.82) is 0 Å². The van der Waals surface area contributed by atoms with Gasteiger partial charge in [0.1, 0.15) is 0 Å². The molecule has 176 valence electrons. The van der Waals surface area contributed by atoms with Crippen LogP contribution in [-0.2, 0) is 24.8 Å². The summed E-state index contributed by atoms with van der Waals surface area (Å²) in [4.78, 5) is 13.8. The van der Waals surface area contributed by atoms with E-state index in [1.165, 1.54) is 42.5 Å². The molecule has 0 saturated heterocycles. The van der Waals surface area contributed by atoms with Crippen LogP contribution in [-0.4, -0.2) is 34.0 Å². The highest BCUT2D eigenvalue weighted by Gasteiger charge is 2.22. The average molecular weight is 483 g/mol. The molecule has 0 aliphatic rings. The number of sulfonamides is 2. The Kier molecular flexibility index (Phi) is 8.90. The maximum absolute atomic E-state index is 11.9. The molecule has 0 atom stereocenters. The Bertz CT molecular complexity index is 1150. The zero-order chi connectivity index (χ0) is 24.8. The lowest BCUT2D eigenvalue weighted by Gasteiger charge is -2.20. The number of nitrogens with zero attached hydrogens (tertiary/aromatic N) is 1. The second kappa shape index (κ2) is 10.4. The molecular formula is C21H30N4O5S2. The van der Waals surface area contributed by atoms with Crippen molar-refractivity contribution in [3.05, 3.63) is 48.5 Å². The summed E-state index contributed by atoms with van der Waals surface area (Å²) in [6.07, 6.45) is 1.39. The summed E-state index contributed by atoms with van der Waals surface area (Å²) in [6, 6.07) is 11.8. The molecular weight excluding hydrogens is 452 g/mol. The number of benzene rings is 2. The first-order valence-electron chi connectivity index (χ1n) is 9.57. The van der Waals surface area contributed by atoms with Crippen LogP contribution >= 0.6 is 0 Å². The van der Waals surface area contributed by atoms with E-state index >= 15 is 0 Å². The van der Waals surface area contributed by atoms with Gasteiger partial charge < -0.3 is 5.73 Å². The van der Waals surface area contributed by atoms with Crippen LogP contribution in [0.3, 0.4) is 0 Å². The van der Waals surface area contributed by atoms with Gasteiger partial charge >= 0.3 is 0 Å². The molecule has 0 saturated carbocycles. The van der Waals surface area contributed by atoms with Gasteiger partial charge in [0, 0.05) is 16.8 Å². The molecule has 0 radical (unpaired) electrons. The normalized spacial score (nSPS) is 12.3. The molecule has 2 rings (SSSR count). The third-order valence-electron chi connectivity index (χ3n) is 3.39. The molecule has 0 bridgehead atoms. The van der Waals surface area contributed by atoms with Gasteiger partial charge in [-0.1, -0.05) is 0 Å². The lowest BCUT2D eigenvalue weighted by atomic mass is 10.1. The van der Waals surface area contributed by atoms with E-state index in [1.54, 1.807) is 53.7 Å². The lowest BCUT2D eigenvalue weighted by molar-refractivity contribution is 0.490. The Labute approximate surface area is 190 Å². The van der Waals surface area contributed by atoms with Crippen molar-refractivity contribution in [1.82, 2.24) is 9.44 Å². The Hall–Kier alpha value is -2.56. The highest BCUT2D eigenvalue weighted by molar-refractivity contribution is 7.89.